The van der Waals surface area contributed by atoms with Crippen LogP contribution in [-0.2, 0) is 17.7 Å². The summed E-state index contributed by atoms with van der Waals surface area (Å²) in [6, 6.07) is 0.477. The number of thiazole rings is 1. The van der Waals surface area contributed by atoms with Crippen molar-refractivity contribution in [3.05, 3.63) is 16.1 Å². The Balaban J connectivity index is 1.55. The third-order valence-corrected chi connectivity index (χ3v) is 6.72. The largest absolute Gasteiger partial charge is 0.378 e. The molecule has 2 aliphatic carbocycles. The first-order valence-electron chi connectivity index (χ1n) is 9.24. The van der Waals surface area contributed by atoms with Gasteiger partial charge in [0.25, 0.3) is 0 Å². The second kappa shape index (κ2) is 7.83. The molecule has 3 rings (SSSR count). The number of rotatable bonds is 6. The zero-order valence-electron chi connectivity index (χ0n) is 15.1. The smallest absolute Gasteiger partial charge is 0.191 e. The van der Waals surface area contributed by atoms with E-state index in [1.54, 1.807) is 11.3 Å². The van der Waals surface area contributed by atoms with Crippen LogP contribution in [0.1, 0.15) is 55.8 Å². The summed E-state index contributed by atoms with van der Waals surface area (Å²) in [6.07, 6.45) is 9.74. The van der Waals surface area contributed by atoms with Crippen LogP contribution in [0.5, 0.6) is 0 Å². The van der Waals surface area contributed by atoms with Crippen LogP contribution in [0.2, 0.25) is 0 Å². The number of guanidine groups is 1. The summed E-state index contributed by atoms with van der Waals surface area (Å²) in [5.74, 6) is 0.884. The van der Waals surface area contributed by atoms with Gasteiger partial charge in [-0.1, -0.05) is 19.8 Å². The second-order valence-corrected chi connectivity index (χ2v) is 8.02. The van der Waals surface area contributed by atoms with Crippen molar-refractivity contribution in [3.8, 4) is 0 Å². The molecule has 0 bridgehead atoms. The molecule has 2 aliphatic rings. The van der Waals surface area contributed by atoms with E-state index < -0.39 is 0 Å². The highest BCUT2D eigenvalue weighted by Gasteiger charge is 2.56. The number of ether oxygens (including phenoxy) is 1. The first kappa shape index (κ1) is 17.7. The lowest BCUT2D eigenvalue weighted by Gasteiger charge is -2.54. The summed E-state index contributed by atoms with van der Waals surface area (Å²) in [4.78, 5) is 10.2. The van der Waals surface area contributed by atoms with Gasteiger partial charge in [-0.05, 0) is 32.6 Å². The van der Waals surface area contributed by atoms with Crippen molar-refractivity contribution in [2.75, 3.05) is 13.7 Å². The molecule has 2 unspecified atom stereocenters. The first-order chi connectivity index (χ1) is 11.7. The predicted molar refractivity (Wildman–Crippen MR) is 99.5 cm³/mol. The molecule has 6 heteroatoms. The molecule has 1 spiro atoms. The molecular formula is C18H30N4OS. The van der Waals surface area contributed by atoms with Crippen LogP contribution >= 0.6 is 11.3 Å². The molecule has 0 aliphatic heterocycles. The molecule has 1 aromatic rings. The highest BCUT2D eigenvalue weighted by atomic mass is 32.1. The number of nitrogens with zero attached hydrogens (tertiary/aromatic N) is 2. The summed E-state index contributed by atoms with van der Waals surface area (Å²) in [6.45, 7) is 5.81. The van der Waals surface area contributed by atoms with Gasteiger partial charge in [0.15, 0.2) is 5.96 Å². The highest BCUT2D eigenvalue weighted by molar-refractivity contribution is 7.11. The van der Waals surface area contributed by atoms with Gasteiger partial charge in [0, 0.05) is 36.2 Å². The van der Waals surface area contributed by atoms with Crippen molar-refractivity contribution >= 4 is 17.3 Å². The molecule has 2 N–H and O–H groups in total. The fraction of sp³-hybridized carbons (Fsp3) is 0.778. The van der Waals surface area contributed by atoms with E-state index in [1.807, 2.05) is 13.2 Å². The lowest BCUT2D eigenvalue weighted by Crippen LogP contribution is -2.65. The summed E-state index contributed by atoms with van der Waals surface area (Å²) in [5.41, 5.74) is 0.324. The van der Waals surface area contributed by atoms with E-state index in [0.717, 1.165) is 37.0 Å². The van der Waals surface area contributed by atoms with Crippen LogP contribution in [0.3, 0.4) is 0 Å². The minimum absolute atomic E-state index is 0.324. The van der Waals surface area contributed by atoms with Gasteiger partial charge < -0.3 is 15.4 Å². The van der Waals surface area contributed by atoms with E-state index in [4.69, 9.17) is 4.74 Å². The Morgan fingerprint density at radius 3 is 2.83 bits per heavy atom. The van der Waals surface area contributed by atoms with Crippen molar-refractivity contribution < 1.29 is 4.74 Å². The lowest BCUT2D eigenvalue weighted by molar-refractivity contribution is -0.125. The molecule has 2 fully saturated rings. The van der Waals surface area contributed by atoms with Gasteiger partial charge in [0.2, 0.25) is 0 Å². The molecule has 0 amide bonds. The Labute approximate surface area is 149 Å². The van der Waals surface area contributed by atoms with E-state index in [0.29, 0.717) is 17.6 Å². The number of aromatic nitrogens is 1. The van der Waals surface area contributed by atoms with Gasteiger partial charge >= 0.3 is 0 Å². The van der Waals surface area contributed by atoms with Crippen LogP contribution in [0.15, 0.2) is 11.2 Å². The first-order valence-corrected chi connectivity index (χ1v) is 10.1. The third kappa shape index (κ3) is 3.45. The van der Waals surface area contributed by atoms with Gasteiger partial charge in [-0.3, -0.25) is 4.99 Å². The monoisotopic (exact) mass is 350 g/mol. The average molecular weight is 351 g/mol. The lowest BCUT2D eigenvalue weighted by atomic mass is 9.60. The normalized spacial score (nSPS) is 25.7. The Bertz CT molecular complexity index is 565. The zero-order chi connectivity index (χ0) is 17.0. The molecular weight excluding hydrogens is 320 g/mol. The predicted octanol–water partition coefficient (Wildman–Crippen LogP) is 3.11. The van der Waals surface area contributed by atoms with Crippen molar-refractivity contribution in [2.24, 2.45) is 10.4 Å². The molecule has 134 valence electrons. The molecule has 0 saturated heterocycles. The Hall–Kier alpha value is -1.14. The van der Waals surface area contributed by atoms with E-state index in [1.165, 1.54) is 30.6 Å². The number of nitrogens with one attached hydrogen (secondary N) is 2. The molecule has 1 aromatic heterocycles. The van der Waals surface area contributed by atoms with E-state index in [-0.39, 0.29) is 0 Å². The van der Waals surface area contributed by atoms with Crippen LogP contribution in [0.4, 0.5) is 0 Å². The van der Waals surface area contributed by atoms with Crippen molar-refractivity contribution in [1.29, 1.82) is 0 Å². The molecule has 1 heterocycles. The fourth-order valence-corrected chi connectivity index (χ4v) is 5.00. The topological polar surface area (TPSA) is 58.5 Å². The molecule has 24 heavy (non-hydrogen) atoms. The SMILES string of the molecule is CCOC1CC(NC(=NC)NCc2ncc(CC)s2)C12CCCC2. The maximum Gasteiger partial charge on any atom is 0.191 e. The summed E-state index contributed by atoms with van der Waals surface area (Å²) in [7, 11) is 1.84. The number of aryl methyl sites for hydroxylation is 1. The Kier molecular flexibility index (Phi) is 5.76. The Morgan fingerprint density at radius 1 is 1.42 bits per heavy atom. The number of hydrogen-bond acceptors (Lipinski definition) is 4. The molecule has 0 aromatic carbocycles. The van der Waals surface area contributed by atoms with Gasteiger partial charge in [-0.2, -0.15) is 0 Å². The van der Waals surface area contributed by atoms with Gasteiger partial charge in [-0.15, -0.1) is 11.3 Å². The molecule has 2 saturated carbocycles. The van der Waals surface area contributed by atoms with Crippen molar-refractivity contribution in [3.63, 3.8) is 0 Å². The van der Waals surface area contributed by atoms with Gasteiger partial charge in [0.1, 0.15) is 5.01 Å². The van der Waals surface area contributed by atoms with E-state index in [2.05, 4.69) is 34.5 Å². The van der Waals surface area contributed by atoms with Crippen LogP contribution < -0.4 is 10.6 Å². The van der Waals surface area contributed by atoms with Gasteiger partial charge in [0.05, 0.1) is 12.6 Å². The van der Waals surface area contributed by atoms with Crippen LogP contribution in [0, 0.1) is 5.41 Å². The van der Waals surface area contributed by atoms with Crippen LogP contribution in [-0.4, -0.2) is 36.7 Å². The minimum atomic E-state index is 0.324. The van der Waals surface area contributed by atoms with E-state index in [9.17, 15) is 0 Å². The standard InChI is InChI=1S/C18H30N4OS/c1-4-13-11-20-16(24-13)12-21-17(19-3)22-14-10-15(23-5-2)18(14)8-6-7-9-18/h11,14-15H,4-10,12H2,1-3H3,(H2,19,21,22). The summed E-state index contributed by atoms with van der Waals surface area (Å²) in [5, 5.41) is 8.19. The highest BCUT2D eigenvalue weighted by Crippen LogP contribution is 2.54. The Morgan fingerprint density at radius 2 is 2.21 bits per heavy atom. The van der Waals surface area contributed by atoms with E-state index >= 15 is 0 Å². The third-order valence-electron chi connectivity index (χ3n) is 5.58. The molecule has 5 nitrogen and oxygen atoms in total. The fourth-order valence-electron chi connectivity index (χ4n) is 4.20. The number of hydrogen-bond donors (Lipinski definition) is 2. The number of aliphatic imine (C=N–C) groups is 1. The second-order valence-electron chi connectivity index (χ2n) is 6.82. The maximum atomic E-state index is 6.00. The maximum absolute atomic E-state index is 6.00. The summed E-state index contributed by atoms with van der Waals surface area (Å²) >= 11 is 1.77. The van der Waals surface area contributed by atoms with Crippen molar-refractivity contribution in [2.45, 2.75) is 71.1 Å². The van der Waals surface area contributed by atoms with Gasteiger partial charge in [-0.25, -0.2) is 4.98 Å². The average Bonchev–Trinajstić information content (AvgIpc) is 3.27. The zero-order valence-corrected chi connectivity index (χ0v) is 15.9. The quantitative estimate of drug-likeness (QED) is 0.611. The molecule has 2 atom stereocenters. The summed E-state index contributed by atoms with van der Waals surface area (Å²) < 4.78 is 6.00. The van der Waals surface area contributed by atoms with Crippen LogP contribution in [0.25, 0.3) is 0 Å². The molecule has 0 radical (unpaired) electrons. The minimum Gasteiger partial charge on any atom is -0.378 e. The van der Waals surface area contributed by atoms with Crippen molar-refractivity contribution in [1.82, 2.24) is 15.6 Å².